The summed E-state index contributed by atoms with van der Waals surface area (Å²) in [6.45, 7) is 5.81. The molecule has 0 saturated heterocycles. The summed E-state index contributed by atoms with van der Waals surface area (Å²) in [4.78, 5) is 18.9. The first-order chi connectivity index (χ1) is 9.27. The zero-order chi connectivity index (χ0) is 13.7. The summed E-state index contributed by atoms with van der Waals surface area (Å²) in [5, 5.41) is 0.937. The van der Waals surface area contributed by atoms with Crippen molar-refractivity contribution in [2.75, 3.05) is 13.1 Å². The summed E-state index contributed by atoms with van der Waals surface area (Å²) < 4.78 is 0. The summed E-state index contributed by atoms with van der Waals surface area (Å²) in [6.07, 6.45) is 3.68. The summed E-state index contributed by atoms with van der Waals surface area (Å²) in [6, 6.07) is 9.62. The molecule has 1 heterocycles. The largest absolute Gasteiger partial charge is 0.339 e. The van der Waals surface area contributed by atoms with E-state index in [0.717, 1.165) is 42.4 Å². The highest BCUT2D eigenvalue weighted by Gasteiger charge is 2.16. The predicted octanol–water partition coefficient (Wildman–Crippen LogP) is 3.50. The van der Waals surface area contributed by atoms with Gasteiger partial charge in [0.25, 0.3) is 5.91 Å². The van der Waals surface area contributed by atoms with E-state index in [9.17, 15) is 4.79 Å². The normalized spacial score (nSPS) is 10.6. The Hall–Kier alpha value is -1.90. The Balaban J connectivity index is 2.39. The molecule has 0 aliphatic heterocycles. The number of fused-ring (bicyclic) bond motifs is 1. The third kappa shape index (κ3) is 2.92. The zero-order valence-corrected chi connectivity index (χ0v) is 11.6. The molecule has 1 aromatic heterocycles. The highest BCUT2D eigenvalue weighted by atomic mass is 16.2. The third-order valence-electron chi connectivity index (χ3n) is 3.15. The topological polar surface area (TPSA) is 33.2 Å². The molecule has 0 spiro atoms. The van der Waals surface area contributed by atoms with Crippen LogP contribution in [-0.2, 0) is 0 Å². The minimum atomic E-state index is 0.113. The highest BCUT2D eigenvalue weighted by molar-refractivity contribution is 6.05. The van der Waals surface area contributed by atoms with E-state index in [1.807, 2.05) is 35.2 Å². The van der Waals surface area contributed by atoms with Crippen LogP contribution in [0.15, 0.2) is 36.5 Å². The Labute approximate surface area is 114 Å². The molecule has 0 aliphatic rings. The second-order valence-corrected chi connectivity index (χ2v) is 4.67. The van der Waals surface area contributed by atoms with Gasteiger partial charge in [0.1, 0.15) is 0 Å². The monoisotopic (exact) mass is 256 g/mol. The summed E-state index contributed by atoms with van der Waals surface area (Å²) in [5.74, 6) is 0.113. The first-order valence-corrected chi connectivity index (χ1v) is 6.91. The number of carbonyl (C=O) groups is 1. The van der Waals surface area contributed by atoms with Gasteiger partial charge in [0.2, 0.25) is 0 Å². The van der Waals surface area contributed by atoms with E-state index in [0.29, 0.717) is 0 Å². The zero-order valence-electron chi connectivity index (χ0n) is 11.6. The van der Waals surface area contributed by atoms with Gasteiger partial charge in [-0.2, -0.15) is 0 Å². The van der Waals surface area contributed by atoms with Crippen LogP contribution in [0.1, 0.15) is 37.0 Å². The Morgan fingerprint density at radius 1 is 1.11 bits per heavy atom. The molecule has 2 aromatic rings. The number of carbonyl (C=O) groups excluding carboxylic acids is 1. The number of nitrogens with zero attached hydrogens (tertiary/aromatic N) is 2. The fourth-order valence-corrected chi connectivity index (χ4v) is 2.31. The second-order valence-electron chi connectivity index (χ2n) is 4.67. The number of para-hydroxylation sites is 1. The van der Waals surface area contributed by atoms with Gasteiger partial charge in [-0.05, 0) is 25.0 Å². The first kappa shape index (κ1) is 13.5. The van der Waals surface area contributed by atoms with Crippen LogP contribution in [-0.4, -0.2) is 28.9 Å². The van der Waals surface area contributed by atoms with Gasteiger partial charge in [-0.3, -0.25) is 9.78 Å². The summed E-state index contributed by atoms with van der Waals surface area (Å²) in [7, 11) is 0. The van der Waals surface area contributed by atoms with Crippen LogP contribution in [0.4, 0.5) is 0 Å². The fraction of sp³-hybridized carbons (Fsp3) is 0.375. The lowest BCUT2D eigenvalue weighted by molar-refractivity contribution is 0.0757. The molecule has 1 aromatic carbocycles. The van der Waals surface area contributed by atoms with Gasteiger partial charge < -0.3 is 4.90 Å². The average molecular weight is 256 g/mol. The number of pyridine rings is 1. The molecular weight excluding hydrogens is 236 g/mol. The third-order valence-corrected chi connectivity index (χ3v) is 3.15. The number of amides is 1. The average Bonchev–Trinajstić information content (AvgIpc) is 2.46. The minimum absolute atomic E-state index is 0.113. The van der Waals surface area contributed by atoms with Crippen LogP contribution in [0.3, 0.4) is 0 Å². The van der Waals surface area contributed by atoms with Gasteiger partial charge in [-0.25, -0.2) is 0 Å². The smallest absolute Gasteiger partial charge is 0.254 e. The fourth-order valence-electron chi connectivity index (χ4n) is 2.31. The van der Waals surface area contributed by atoms with Crippen LogP contribution < -0.4 is 0 Å². The second kappa shape index (κ2) is 6.32. The van der Waals surface area contributed by atoms with Gasteiger partial charge >= 0.3 is 0 Å². The van der Waals surface area contributed by atoms with Gasteiger partial charge in [0, 0.05) is 24.7 Å². The molecule has 0 saturated carbocycles. The lowest BCUT2D eigenvalue weighted by Crippen LogP contribution is -2.32. The molecule has 19 heavy (non-hydrogen) atoms. The van der Waals surface area contributed by atoms with Crippen molar-refractivity contribution in [1.29, 1.82) is 0 Å². The Kier molecular flexibility index (Phi) is 4.50. The molecule has 0 bridgehead atoms. The van der Waals surface area contributed by atoms with Crippen molar-refractivity contribution in [3.8, 4) is 0 Å². The first-order valence-electron chi connectivity index (χ1n) is 6.91. The van der Waals surface area contributed by atoms with Gasteiger partial charge in [0.05, 0.1) is 11.1 Å². The standard InChI is InChI=1S/C16H20N2O/c1-3-11-18(12-4-2)16(19)14-9-10-17-15-8-6-5-7-13(14)15/h5-10H,3-4,11-12H2,1-2H3. The summed E-state index contributed by atoms with van der Waals surface area (Å²) in [5.41, 5.74) is 1.63. The highest BCUT2D eigenvalue weighted by Crippen LogP contribution is 2.18. The molecule has 0 atom stereocenters. The van der Waals surface area contributed by atoms with Crippen LogP contribution in [0.5, 0.6) is 0 Å². The van der Waals surface area contributed by atoms with Crippen LogP contribution in [0, 0.1) is 0 Å². The minimum Gasteiger partial charge on any atom is -0.339 e. The van der Waals surface area contributed by atoms with Gasteiger partial charge in [-0.1, -0.05) is 32.0 Å². The van der Waals surface area contributed by atoms with Crippen molar-refractivity contribution in [1.82, 2.24) is 9.88 Å². The van der Waals surface area contributed by atoms with Crippen molar-refractivity contribution in [2.45, 2.75) is 26.7 Å². The maximum Gasteiger partial charge on any atom is 0.254 e. The van der Waals surface area contributed by atoms with E-state index in [4.69, 9.17) is 0 Å². The molecule has 0 unspecified atom stereocenters. The molecule has 0 fully saturated rings. The van der Waals surface area contributed by atoms with Gasteiger partial charge in [0.15, 0.2) is 0 Å². The molecule has 3 heteroatoms. The quantitative estimate of drug-likeness (QED) is 0.820. The maximum atomic E-state index is 12.6. The van der Waals surface area contributed by atoms with E-state index in [1.165, 1.54) is 0 Å². The van der Waals surface area contributed by atoms with Crippen LogP contribution in [0.2, 0.25) is 0 Å². The molecule has 3 nitrogen and oxygen atoms in total. The number of benzene rings is 1. The van der Waals surface area contributed by atoms with E-state index in [1.54, 1.807) is 6.20 Å². The molecular formula is C16H20N2O. The number of rotatable bonds is 5. The van der Waals surface area contributed by atoms with E-state index >= 15 is 0 Å². The van der Waals surface area contributed by atoms with Crippen molar-refractivity contribution in [3.63, 3.8) is 0 Å². The number of aromatic nitrogens is 1. The number of hydrogen-bond acceptors (Lipinski definition) is 2. The SMILES string of the molecule is CCCN(CCC)C(=O)c1ccnc2ccccc12. The molecule has 0 radical (unpaired) electrons. The maximum absolute atomic E-state index is 12.6. The van der Waals surface area contributed by atoms with Crippen LogP contribution in [0.25, 0.3) is 10.9 Å². The van der Waals surface area contributed by atoms with Crippen molar-refractivity contribution >= 4 is 16.8 Å². The van der Waals surface area contributed by atoms with E-state index in [-0.39, 0.29) is 5.91 Å². The van der Waals surface area contributed by atoms with E-state index < -0.39 is 0 Å². The molecule has 1 amide bonds. The lowest BCUT2D eigenvalue weighted by atomic mass is 10.1. The molecule has 100 valence electrons. The Morgan fingerprint density at radius 3 is 2.47 bits per heavy atom. The molecule has 0 N–H and O–H groups in total. The van der Waals surface area contributed by atoms with Crippen molar-refractivity contribution < 1.29 is 4.79 Å². The van der Waals surface area contributed by atoms with Crippen LogP contribution >= 0.6 is 0 Å². The summed E-state index contributed by atoms with van der Waals surface area (Å²) >= 11 is 0. The molecule has 0 aliphatic carbocycles. The van der Waals surface area contributed by atoms with Crippen molar-refractivity contribution in [2.24, 2.45) is 0 Å². The Bertz CT molecular complexity index is 554. The predicted molar refractivity (Wildman–Crippen MR) is 78.2 cm³/mol. The molecule has 2 rings (SSSR count). The van der Waals surface area contributed by atoms with Crippen molar-refractivity contribution in [3.05, 3.63) is 42.1 Å². The van der Waals surface area contributed by atoms with E-state index in [2.05, 4.69) is 18.8 Å². The van der Waals surface area contributed by atoms with Gasteiger partial charge in [-0.15, -0.1) is 0 Å². The Morgan fingerprint density at radius 2 is 1.79 bits per heavy atom. The lowest BCUT2D eigenvalue weighted by Gasteiger charge is -2.22. The number of hydrogen-bond donors (Lipinski definition) is 0.